The van der Waals surface area contributed by atoms with Crippen LogP contribution in [0.25, 0.3) is 5.69 Å². The number of nitrogens with one attached hydrogen (secondary N) is 1. The fourth-order valence-corrected chi connectivity index (χ4v) is 2.27. The molecule has 1 aromatic carbocycles. The number of hydrogen-bond donors (Lipinski definition) is 1. The monoisotopic (exact) mass is 275 g/mol. The molecule has 0 radical (unpaired) electrons. The predicted octanol–water partition coefficient (Wildman–Crippen LogP) is 3.32. The number of aromatic nitrogens is 2. The number of nitrogens with zero attached hydrogens (tertiary/aromatic N) is 2. The molecule has 0 spiro atoms. The molecule has 0 aliphatic carbocycles. The maximum Gasteiger partial charge on any atom is 0.147 e. The van der Waals surface area contributed by atoms with Crippen LogP contribution in [-0.4, -0.2) is 16.1 Å². The van der Waals surface area contributed by atoms with Gasteiger partial charge in [0.25, 0.3) is 0 Å². The van der Waals surface area contributed by atoms with Gasteiger partial charge in [-0.1, -0.05) is 32.9 Å². The first kappa shape index (κ1) is 14.7. The van der Waals surface area contributed by atoms with E-state index in [1.165, 1.54) is 6.07 Å². The summed E-state index contributed by atoms with van der Waals surface area (Å²) in [4.78, 5) is 4.28. The Morgan fingerprint density at radius 1 is 1.35 bits per heavy atom. The van der Waals surface area contributed by atoms with Gasteiger partial charge in [-0.25, -0.2) is 9.37 Å². The third-order valence-electron chi connectivity index (χ3n) is 3.21. The predicted molar refractivity (Wildman–Crippen MR) is 79.4 cm³/mol. The molecule has 0 saturated carbocycles. The summed E-state index contributed by atoms with van der Waals surface area (Å²) in [5, 5.41) is 3.37. The fourth-order valence-electron chi connectivity index (χ4n) is 2.27. The molecule has 3 nitrogen and oxygen atoms in total. The van der Waals surface area contributed by atoms with E-state index in [-0.39, 0.29) is 5.82 Å². The van der Waals surface area contributed by atoms with Crippen molar-refractivity contribution < 1.29 is 4.39 Å². The highest BCUT2D eigenvalue weighted by Gasteiger charge is 2.13. The molecule has 108 valence electrons. The molecule has 0 atom stereocenters. The third-order valence-corrected chi connectivity index (χ3v) is 3.21. The molecular formula is C16H22FN3. The summed E-state index contributed by atoms with van der Waals surface area (Å²) in [5.41, 5.74) is 1.57. The summed E-state index contributed by atoms with van der Waals surface area (Å²) in [6.07, 6.45) is 4.32. The molecule has 1 aromatic heterocycles. The quantitative estimate of drug-likeness (QED) is 0.876. The molecule has 0 aliphatic rings. The number of halogens is 1. The summed E-state index contributed by atoms with van der Waals surface area (Å²) in [7, 11) is 0. The first-order valence-corrected chi connectivity index (χ1v) is 7.14. The zero-order valence-electron chi connectivity index (χ0n) is 12.4. The van der Waals surface area contributed by atoms with Gasteiger partial charge in [0.05, 0.1) is 5.69 Å². The van der Waals surface area contributed by atoms with Crippen LogP contribution in [0.3, 0.4) is 0 Å². The molecule has 2 aromatic rings. The summed E-state index contributed by atoms with van der Waals surface area (Å²) in [5.74, 6) is 1.24. The smallest absolute Gasteiger partial charge is 0.147 e. The van der Waals surface area contributed by atoms with Crippen LogP contribution in [0.4, 0.5) is 4.39 Å². The zero-order chi connectivity index (χ0) is 14.5. The first-order valence-electron chi connectivity index (χ1n) is 7.14. The van der Waals surface area contributed by atoms with Crippen LogP contribution in [0, 0.1) is 11.7 Å². The SMILES string of the molecule is CCc1nccn1-c1c(F)cccc1CNCC(C)C. The van der Waals surface area contributed by atoms with Crippen molar-refractivity contribution in [2.75, 3.05) is 6.54 Å². The Hall–Kier alpha value is -1.68. The van der Waals surface area contributed by atoms with Gasteiger partial charge in [-0.15, -0.1) is 0 Å². The highest BCUT2D eigenvalue weighted by atomic mass is 19.1. The third kappa shape index (κ3) is 3.25. The maximum atomic E-state index is 14.2. The number of para-hydroxylation sites is 1. The highest BCUT2D eigenvalue weighted by molar-refractivity contribution is 5.43. The van der Waals surface area contributed by atoms with E-state index in [0.717, 1.165) is 24.4 Å². The summed E-state index contributed by atoms with van der Waals surface area (Å²) in [6, 6.07) is 5.22. The Balaban J connectivity index is 2.31. The molecule has 0 unspecified atom stereocenters. The number of benzene rings is 1. The highest BCUT2D eigenvalue weighted by Crippen LogP contribution is 2.20. The fraction of sp³-hybridized carbons (Fsp3) is 0.438. The van der Waals surface area contributed by atoms with Crippen LogP contribution in [-0.2, 0) is 13.0 Å². The van der Waals surface area contributed by atoms with Gasteiger partial charge < -0.3 is 9.88 Å². The van der Waals surface area contributed by atoms with Crippen LogP contribution >= 0.6 is 0 Å². The van der Waals surface area contributed by atoms with Crippen molar-refractivity contribution in [3.8, 4) is 5.69 Å². The Morgan fingerprint density at radius 3 is 2.85 bits per heavy atom. The molecule has 0 amide bonds. The first-order chi connectivity index (χ1) is 9.63. The van der Waals surface area contributed by atoms with Gasteiger partial charge in [0.1, 0.15) is 11.6 Å². The average molecular weight is 275 g/mol. The lowest BCUT2D eigenvalue weighted by Gasteiger charge is -2.15. The Kier molecular flexibility index (Phi) is 4.90. The largest absolute Gasteiger partial charge is 0.312 e. The van der Waals surface area contributed by atoms with Gasteiger partial charge in [-0.3, -0.25) is 0 Å². The van der Waals surface area contributed by atoms with Crippen molar-refractivity contribution in [3.05, 3.63) is 47.8 Å². The van der Waals surface area contributed by atoms with Crippen LogP contribution in [0.2, 0.25) is 0 Å². The van der Waals surface area contributed by atoms with Gasteiger partial charge in [0, 0.05) is 25.4 Å². The molecule has 0 fully saturated rings. The average Bonchev–Trinajstić information content (AvgIpc) is 2.86. The van der Waals surface area contributed by atoms with Gasteiger partial charge in [-0.2, -0.15) is 0 Å². The van der Waals surface area contributed by atoms with Gasteiger partial charge in [0.15, 0.2) is 0 Å². The Labute approximate surface area is 119 Å². The number of aryl methyl sites for hydroxylation is 1. The normalized spacial score (nSPS) is 11.2. The second kappa shape index (κ2) is 6.66. The molecule has 0 saturated heterocycles. The van der Waals surface area contributed by atoms with E-state index in [2.05, 4.69) is 24.1 Å². The summed E-state index contributed by atoms with van der Waals surface area (Å²) in [6.45, 7) is 7.92. The number of rotatable bonds is 6. The number of imidazole rings is 1. The van der Waals surface area contributed by atoms with Crippen molar-refractivity contribution in [1.82, 2.24) is 14.9 Å². The standard InChI is InChI=1S/C16H22FN3/c1-4-15-19-8-9-20(15)16-13(6-5-7-14(16)17)11-18-10-12(2)3/h5-9,12,18H,4,10-11H2,1-3H3. The van der Waals surface area contributed by atoms with E-state index < -0.39 is 0 Å². The molecule has 1 heterocycles. The molecular weight excluding hydrogens is 253 g/mol. The van der Waals surface area contributed by atoms with Gasteiger partial charge in [-0.05, 0) is 24.1 Å². The lowest BCUT2D eigenvalue weighted by atomic mass is 10.1. The van der Waals surface area contributed by atoms with Crippen molar-refractivity contribution in [2.45, 2.75) is 33.7 Å². The van der Waals surface area contributed by atoms with E-state index in [1.54, 1.807) is 12.3 Å². The minimum atomic E-state index is -0.207. The van der Waals surface area contributed by atoms with Crippen LogP contribution < -0.4 is 5.32 Å². The second-order valence-corrected chi connectivity index (χ2v) is 5.34. The second-order valence-electron chi connectivity index (χ2n) is 5.34. The van der Waals surface area contributed by atoms with E-state index in [0.29, 0.717) is 18.2 Å². The van der Waals surface area contributed by atoms with Crippen LogP contribution in [0.15, 0.2) is 30.6 Å². The Bertz CT molecular complexity index is 561. The minimum Gasteiger partial charge on any atom is -0.312 e. The molecule has 4 heteroatoms. The topological polar surface area (TPSA) is 29.9 Å². The summed E-state index contributed by atoms with van der Waals surface area (Å²) >= 11 is 0. The maximum absolute atomic E-state index is 14.2. The lowest BCUT2D eigenvalue weighted by Crippen LogP contribution is -2.20. The van der Waals surface area contributed by atoms with E-state index in [9.17, 15) is 4.39 Å². The molecule has 0 aliphatic heterocycles. The lowest BCUT2D eigenvalue weighted by molar-refractivity contribution is 0.548. The van der Waals surface area contributed by atoms with E-state index in [1.807, 2.05) is 23.8 Å². The van der Waals surface area contributed by atoms with Crippen molar-refractivity contribution in [3.63, 3.8) is 0 Å². The van der Waals surface area contributed by atoms with E-state index in [4.69, 9.17) is 0 Å². The molecule has 1 N–H and O–H groups in total. The van der Waals surface area contributed by atoms with Crippen LogP contribution in [0.1, 0.15) is 32.2 Å². The van der Waals surface area contributed by atoms with E-state index >= 15 is 0 Å². The van der Waals surface area contributed by atoms with Crippen LogP contribution in [0.5, 0.6) is 0 Å². The van der Waals surface area contributed by atoms with Gasteiger partial charge in [0.2, 0.25) is 0 Å². The number of hydrogen-bond acceptors (Lipinski definition) is 2. The van der Waals surface area contributed by atoms with Crippen molar-refractivity contribution in [2.24, 2.45) is 5.92 Å². The van der Waals surface area contributed by atoms with Crippen molar-refractivity contribution >= 4 is 0 Å². The minimum absolute atomic E-state index is 0.207. The summed E-state index contributed by atoms with van der Waals surface area (Å²) < 4.78 is 16.1. The zero-order valence-corrected chi connectivity index (χ0v) is 12.4. The molecule has 2 rings (SSSR count). The van der Waals surface area contributed by atoms with Gasteiger partial charge >= 0.3 is 0 Å². The molecule has 0 bridgehead atoms. The Morgan fingerprint density at radius 2 is 2.15 bits per heavy atom. The van der Waals surface area contributed by atoms with Crippen molar-refractivity contribution in [1.29, 1.82) is 0 Å². The molecule has 20 heavy (non-hydrogen) atoms.